The minimum atomic E-state index is -0.633. The van der Waals surface area contributed by atoms with Gasteiger partial charge in [-0.3, -0.25) is 19.2 Å². The Labute approximate surface area is 231 Å². The number of aliphatic hydroxyl groups is 2. The van der Waals surface area contributed by atoms with Crippen molar-refractivity contribution < 1.29 is 38.9 Å². The lowest BCUT2D eigenvalue weighted by atomic mass is 9.95. The molecule has 0 atom stereocenters. The van der Waals surface area contributed by atoms with E-state index in [4.69, 9.17) is 9.47 Å². The molecule has 0 aliphatic heterocycles. The zero-order valence-corrected chi connectivity index (χ0v) is 22.8. The Balaban J connectivity index is 1.47. The molecule has 5 rings (SSSR count). The van der Waals surface area contributed by atoms with E-state index in [0.717, 1.165) is 18.4 Å². The summed E-state index contributed by atoms with van der Waals surface area (Å²) in [4.78, 5) is 51.9. The van der Waals surface area contributed by atoms with E-state index in [1.54, 1.807) is 32.0 Å². The van der Waals surface area contributed by atoms with Crippen molar-refractivity contribution >= 4 is 40.2 Å². The maximum atomic E-state index is 13.5. The third-order valence-corrected chi connectivity index (χ3v) is 7.05. The number of carbonyl (C=O) groups is 4. The molecule has 2 aromatic carbocycles. The number of ketones is 4. The van der Waals surface area contributed by atoms with Gasteiger partial charge in [-0.2, -0.15) is 0 Å². The Hall–Kier alpha value is -4.14. The van der Waals surface area contributed by atoms with Crippen LogP contribution in [0.25, 0.3) is 17.1 Å². The average molecular weight is 543 g/mol. The summed E-state index contributed by atoms with van der Waals surface area (Å²) in [7, 11) is 0. The molecule has 40 heavy (non-hydrogen) atoms. The van der Waals surface area contributed by atoms with Gasteiger partial charge in [-0.15, -0.1) is 0 Å². The number of benzene rings is 2. The first-order chi connectivity index (χ1) is 19.0. The molecule has 0 spiro atoms. The van der Waals surface area contributed by atoms with Gasteiger partial charge in [0, 0.05) is 27.8 Å². The normalized spacial score (nSPS) is 15.9. The number of hydrogen-bond donors (Lipinski definition) is 2. The summed E-state index contributed by atoms with van der Waals surface area (Å²) in [5, 5.41) is 21.8. The lowest BCUT2D eigenvalue weighted by molar-refractivity contribution is -0.121. The quantitative estimate of drug-likeness (QED) is 0.310. The molecule has 8 nitrogen and oxygen atoms in total. The molecule has 206 valence electrons. The third kappa shape index (κ3) is 4.85. The number of allylic oxidation sites excluding steroid dienone is 2. The van der Waals surface area contributed by atoms with Crippen molar-refractivity contribution in [1.29, 1.82) is 0 Å². The second kappa shape index (κ2) is 10.4. The zero-order valence-electron chi connectivity index (χ0n) is 22.8. The summed E-state index contributed by atoms with van der Waals surface area (Å²) < 4.78 is 10.8. The SMILES string of the molecule is CC(C)OCC(=O)C1=C(O)c2cc(C(=O)c3ccc4c(c3)C(O)=C(C(=O)COC(C)C)C4=C3CC3)ccc2C1=O. The van der Waals surface area contributed by atoms with Crippen LogP contribution < -0.4 is 0 Å². The molecule has 0 saturated heterocycles. The molecule has 1 fully saturated rings. The minimum Gasteiger partial charge on any atom is -0.507 e. The molecule has 3 aliphatic carbocycles. The van der Waals surface area contributed by atoms with Crippen LogP contribution in [0, 0.1) is 0 Å². The number of rotatable bonds is 10. The largest absolute Gasteiger partial charge is 0.507 e. The van der Waals surface area contributed by atoms with Gasteiger partial charge < -0.3 is 19.7 Å². The minimum absolute atomic E-state index is 0.103. The van der Waals surface area contributed by atoms with Gasteiger partial charge in [0.2, 0.25) is 5.78 Å². The van der Waals surface area contributed by atoms with E-state index in [1.165, 1.54) is 18.2 Å². The van der Waals surface area contributed by atoms with E-state index < -0.39 is 23.1 Å². The summed E-state index contributed by atoms with van der Waals surface area (Å²) in [5.74, 6) is -2.64. The van der Waals surface area contributed by atoms with Crippen molar-refractivity contribution in [2.45, 2.75) is 52.7 Å². The second-order valence-electron chi connectivity index (χ2n) is 10.7. The van der Waals surface area contributed by atoms with Gasteiger partial charge in [0.25, 0.3) is 0 Å². The molecule has 0 radical (unpaired) electrons. The molecule has 2 aromatic rings. The van der Waals surface area contributed by atoms with Crippen molar-refractivity contribution in [3.05, 3.63) is 86.5 Å². The van der Waals surface area contributed by atoms with E-state index in [9.17, 15) is 29.4 Å². The van der Waals surface area contributed by atoms with Crippen LogP contribution in [0.2, 0.25) is 0 Å². The number of ether oxygens (including phenoxy) is 2. The number of aliphatic hydroxyl groups excluding tert-OH is 2. The number of Topliss-reactive ketones (excluding diaryl/α,β-unsaturated/α-hetero) is 3. The molecule has 0 aromatic heterocycles. The van der Waals surface area contributed by atoms with E-state index in [0.29, 0.717) is 16.7 Å². The third-order valence-electron chi connectivity index (χ3n) is 7.05. The van der Waals surface area contributed by atoms with Gasteiger partial charge in [0.05, 0.1) is 17.8 Å². The Morgan fingerprint density at radius 1 is 0.725 bits per heavy atom. The molecular formula is C32H30O8. The molecule has 0 heterocycles. The molecule has 1 saturated carbocycles. The molecule has 3 aliphatic rings. The Morgan fingerprint density at radius 3 is 1.73 bits per heavy atom. The fourth-order valence-corrected chi connectivity index (χ4v) is 4.95. The predicted molar refractivity (Wildman–Crippen MR) is 148 cm³/mol. The highest BCUT2D eigenvalue weighted by atomic mass is 16.5. The van der Waals surface area contributed by atoms with Crippen LogP contribution in [0.1, 0.15) is 83.5 Å². The monoisotopic (exact) mass is 542 g/mol. The fourth-order valence-electron chi connectivity index (χ4n) is 4.95. The fraction of sp³-hybridized carbons (Fsp3) is 0.312. The van der Waals surface area contributed by atoms with Crippen LogP contribution in [0.5, 0.6) is 0 Å². The van der Waals surface area contributed by atoms with Crippen LogP contribution in [0.4, 0.5) is 0 Å². The van der Waals surface area contributed by atoms with Gasteiger partial charge in [-0.05, 0) is 69.9 Å². The van der Waals surface area contributed by atoms with Gasteiger partial charge in [0.15, 0.2) is 17.3 Å². The van der Waals surface area contributed by atoms with Gasteiger partial charge in [-0.25, -0.2) is 0 Å². The summed E-state index contributed by atoms with van der Waals surface area (Å²) in [6, 6.07) is 9.16. The Kier molecular flexibility index (Phi) is 7.16. The van der Waals surface area contributed by atoms with Crippen LogP contribution in [-0.4, -0.2) is 58.8 Å². The molecule has 8 heteroatoms. The van der Waals surface area contributed by atoms with Crippen LogP contribution >= 0.6 is 0 Å². The van der Waals surface area contributed by atoms with Crippen molar-refractivity contribution in [2.24, 2.45) is 0 Å². The topological polar surface area (TPSA) is 127 Å². The van der Waals surface area contributed by atoms with Crippen molar-refractivity contribution in [3.63, 3.8) is 0 Å². The standard InChI is InChI=1S/C32H30O8/c1-15(2)39-13-24(33)27-26(17-5-6-17)20-9-7-18(11-22(20)31(27)37)29(35)19-8-10-21-23(12-19)32(38)28(30(21)36)25(34)14-40-16(3)4/h7-12,15-16,37-38H,5-6,13-14H2,1-4H3. The maximum absolute atomic E-state index is 13.5. The van der Waals surface area contributed by atoms with E-state index in [2.05, 4.69) is 0 Å². The van der Waals surface area contributed by atoms with Crippen molar-refractivity contribution in [3.8, 4) is 0 Å². The van der Waals surface area contributed by atoms with E-state index >= 15 is 0 Å². The van der Waals surface area contributed by atoms with E-state index in [1.807, 2.05) is 13.8 Å². The predicted octanol–water partition coefficient (Wildman–Crippen LogP) is 5.20. The molecular weight excluding hydrogens is 512 g/mol. The van der Waals surface area contributed by atoms with Crippen molar-refractivity contribution in [2.75, 3.05) is 13.2 Å². The Morgan fingerprint density at radius 2 is 1.20 bits per heavy atom. The molecule has 0 bridgehead atoms. The molecule has 0 amide bonds. The first-order valence-corrected chi connectivity index (χ1v) is 13.3. The first-order valence-electron chi connectivity index (χ1n) is 13.3. The van der Waals surface area contributed by atoms with Crippen LogP contribution in [-0.2, 0) is 19.1 Å². The van der Waals surface area contributed by atoms with Gasteiger partial charge in [-0.1, -0.05) is 23.8 Å². The molecule has 0 unspecified atom stereocenters. The summed E-state index contributed by atoms with van der Waals surface area (Å²) >= 11 is 0. The highest BCUT2D eigenvalue weighted by Crippen LogP contribution is 2.48. The average Bonchev–Trinajstić information content (AvgIpc) is 3.68. The summed E-state index contributed by atoms with van der Waals surface area (Å²) in [6.07, 6.45) is 1.30. The van der Waals surface area contributed by atoms with Crippen LogP contribution in [0.15, 0.2) is 53.1 Å². The highest BCUT2D eigenvalue weighted by Gasteiger charge is 2.37. The maximum Gasteiger partial charge on any atom is 0.201 e. The smallest absolute Gasteiger partial charge is 0.201 e. The first kappa shape index (κ1) is 27.4. The highest BCUT2D eigenvalue weighted by molar-refractivity contribution is 6.34. The molecule has 2 N–H and O–H groups in total. The zero-order chi connectivity index (χ0) is 28.9. The van der Waals surface area contributed by atoms with Crippen LogP contribution in [0.3, 0.4) is 0 Å². The Bertz CT molecular complexity index is 1580. The lowest BCUT2D eigenvalue weighted by Gasteiger charge is -2.09. The van der Waals surface area contributed by atoms with E-state index in [-0.39, 0.29) is 70.4 Å². The van der Waals surface area contributed by atoms with Gasteiger partial charge >= 0.3 is 0 Å². The number of hydrogen-bond acceptors (Lipinski definition) is 8. The van der Waals surface area contributed by atoms with Gasteiger partial charge in [0.1, 0.15) is 30.3 Å². The number of fused-ring (bicyclic) bond motifs is 2. The second-order valence-corrected chi connectivity index (χ2v) is 10.7. The lowest BCUT2D eigenvalue weighted by Crippen LogP contribution is -2.19. The summed E-state index contributed by atoms with van der Waals surface area (Å²) in [6.45, 7) is 6.65. The summed E-state index contributed by atoms with van der Waals surface area (Å²) in [5.41, 5.74) is 3.42. The van der Waals surface area contributed by atoms with Crippen molar-refractivity contribution in [1.82, 2.24) is 0 Å². The number of carbonyl (C=O) groups excluding carboxylic acids is 4.